The van der Waals surface area contributed by atoms with Crippen molar-refractivity contribution in [1.82, 2.24) is 0 Å². The van der Waals surface area contributed by atoms with Crippen LogP contribution < -0.4 is 0 Å². The van der Waals surface area contributed by atoms with Crippen LogP contribution in [-0.2, 0) is 0 Å². The van der Waals surface area contributed by atoms with E-state index < -0.39 is 0 Å². The Morgan fingerprint density at radius 1 is 0.273 bits per heavy atom. The van der Waals surface area contributed by atoms with Gasteiger partial charge in [-0.25, -0.2) is 0 Å². The second-order valence-corrected chi connectivity index (χ2v) is 13.4. The monoisotopic (exact) mass is 594 g/mol. The van der Waals surface area contributed by atoms with Gasteiger partial charge in [-0.15, -0.1) is 22.7 Å². The molecule has 0 saturated heterocycles. The summed E-state index contributed by atoms with van der Waals surface area (Å²) in [4.78, 5) is 0. The van der Waals surface area contributed by atoms with Crippen molar-refractivity contribution in [1.29, 1.82) is 0 Å². The predicted molar refractivity (Wildman–Crippen MR) is 194 cm³/mol. The van der Waals surface area contributed by atoms with Crippen LogP contribution in [0.2, 0.25) is 0 Å². The normalized spacial score (nSPS) is 11.6. The number of benzene rings is 7. The maximum atomic E-state index is 2.33. The van der Waals surface area contributed by atoms with E-state index in [4.69, 9.17) is 0 Å². The van der Waals surface area contributed by atoms with E-state index >= 15 is 0 Å². The zero-order valence-electron chi connectivity index (χ0n) is 23.8. The number of hydrogen-bond donors (Lipinski definition) is 0. The van der Waals surface area contributed by atoms with E-state index in [0.717, 1.165) is 0 Å². The van der Waals surface area contributed by atoms with Crippen molar-refractivity contribution in [3.05, 3.63) is 158 Å². The van der Waals surface area contributed by atoms with Gasteiger partial charge < -0.3 is 0 Å². The van der Waals surface area contributed by atoms with Crippen molar-refractivity contribution in [2.45, 2.75) is 0 Å². The van der Waals surface area contributed by atoms with Gasteiger partial charge in [0.1, 0.15) is 0 Å². The molecule has 0 radical (unpaired) electrons. The summed E-state index contributed by atoms with van der Waals surface area (Å²) in [5, 5.41) is 5.35. The van der Waals surface area contributed by atoms with E-state index in [1.54, 1.807) is 0 Å². The molecule has 0 nitrogen and oxygen atoms in total. The Morgan fingerprint density at radius 3 is 1.14 bits per heavy atom. The first-order valence-corrected chi connectivity index (χ1v) is 16.6. The molecule has 0 amide bonds. The molecule has 0 saturated carbocycles. The van der Waals surface area contributed by atoms with Crippen LogP contribution in [0.3, 0.4) is 0 Å². The largest absolute Gasteiger partial charge is 0.135 e. The fraction of sp³-hybridized carbons (Fsp3) is 0. The third-order valence-corrected chi connectivity index (χ3v) is 11.1. The molecule has 0 N–H and O–H groups in total. The molecule has 0 aliphatic rings. The van der Waals surface area contributed by atoms with Crippen LogP contribution in [0.1, 0.15) is 0 Å². The summed E-state index contributed by atoms with van der Waals surface area (Å²) in [7, 11) is 0. The zero-order chi connectivity index (χ0) is 29.0. The van der Waals surface area contributed by atoms with E-state index in [1.807, 2.05) is 22.7 Å². The minimum atomic E-state index is 1.23. The SMILES string of the molecule is c1cc(-c2ccc(-c3cccc(-c4cccc5c4sc4ccccc45)c3)cc2)cc(-c2cccc3c2sc2ccccc23)c1. The van der Waals surface area contributed by atoms with E-state index in [-0.39, 0.29) is 0 Å². The van der Waals surface area contributed by atoms with Crippen molar-refractivity contribution >= 4 is 63.0 Å². The fourth-order valence-electron chi connectivity index (χ4n) is 6.54. The molecule has 0 aliphatic carbocycles. The maximum Gasteiger partial charge on any atom is 0.0433 e. The summed E-state index contributed by atoms with van der Waals surface area (Å²) in [5.74, 6) is 0. The van der Waals surface area contributed by atoms with Crippen LogP contribution in [0.4, 0.5) is 0 Å². The van der Waals surface area contributed by atoms with Crippen molar-refractivity contribution < 1.29 is 0 Å². The standard InChI is InChI=1S/C42H26S2/c1-3-19-39-35(13-1)37-17-7-15-33(41(37)43-39)31-11-5-9-29(25-31)27-21-23-28(24-22-27)30-10-6-12-32(26-30)34-16-8-18-38-36-14-2-4-20-40(36)44-42(34)38/h1-26H. The topological polar surface area (TPSA) is 0 Å². The van der Waals surface area contributed by atoms with E-state index in [0.29, 0.717) is 0 Å². The van der Waals surface area contributed by atoms with E-state index in [9.17, 15) is 0 Å². The smallest absolute Gasteiger partial charge is 0.0433 e. The van der Waals surface area contributed by atoms with Crippen molar-refractivity contribution in [3.8, 4) is 44.5 Å². The Balaban J connectivity index is 1.06. The quantitative estimate of drug-likeness (QED) is 0.190. The number of rotatable bonds is 4. The Morgan fingerprint density at radius 2 is 0.659 bits per heavy atom. The third-order valence-electron chi connectivity index (χ3n) is 8.71. The van der Waals surface area contributed by atoms with Crippen molar-refractivity contribution in [2.24, 2.45) is 0 Å². The molecule has 44 heavy (non-hydrogen) atoms. The zero-order valence-corrected chi connectivity index (χ0v) is 25.5. The Bertz CT molecular complexity index is 2320. The first-order valence-electron chi connectivity index (χ1n) is 14.9. The van der Waals surface area contributed by atoms with Crippen LogP contribution in [0.5, 0.6) is 0 Å². The molecule has 2 aromatic heterocycles. The highest BCUT2D eigenvalue weighted by Gasteiger charge is 2.13. The number of thiophene rings is 2. The average Bonchev–Trinajstić information content (AvgIpc) is 3.67. The highest BCUT2D eigenvalue weighted by molar-refractivity contribution is 7.26. The van der Waals surface area contributed by atoms with Gasteiger partial charge in [0, 0.05) is 40.3 Å². The lowest BCUT2D eigenvalue weighted by molar-refractivity contribution is 1.58. The Hall–Kier alpha value is -5.02. The molecule has 0 fully saturated rings. The lowest BCUT2D eigenvalue weighted by Crippen LogP contribution is -1.84. The molecule has 0 spiro atoms. The van der Waals surface area contributed by atoms with Gasteiger partial charge in [-0.05, 0) is 68.8 Å². The highest BCUT2D eigenvalue weighted by Crippen LogP contribution is 2.42. The van der Waals surface area contributed by atoms with Crippen LogP contribution in [0.25, 0.3) is 84.9 Å². The second-order valence-electron chi connectivity index (χ2n) is 11.3. The van der Waals surface area contributed by atoms with Gasteiger partial charge in [-0.2, -0.15) is 0 Å². The molecule has 2 heterocycles. The predicted octanol–water partition coefficient (Wildman–Crippen LogP) is 13.1. The van der Waals surface area contributed by atoms with E-state index in [2.05, 4.69) is 158 Å². The molecular weight excluding hydrogens is 569 g/mol. The Labute approximate surface area is 264 Å². The molecule has 2 heteroatoms. The molecule has 0 bridgehead atoms. The minimum absolute atomic E-state index is 1.23. The molecule has 0 aliphatic heterocycles. The average molecular weight is 595 g/mol. The number of hydrogen-bond acceptors (Lipinski definition) is 2. The molecule has 7 aromatic carbocycles. The summed E-state index contributed by atoms with van der Waals surface area (Å²) in [6.45, 7) is 0. The van der Waals surface area contributed by atoms with Gasteiger partial charge in [0.25, 0.3) is 0 Å². The van der Waals surface area contributed by atoms with Gasteiger partial charge in [-0.3, -0.25) is 0 Å². The molecule has 9 aromatic rings. The fourth-order valence-corrected chi connectivity index (χ4v) is 9.01. The third kappa shape index (κ3) is 4.18. The summed E-state index contributed by atoms with van der Waals surface area (Å²) >= 11 is 3.77. The van der Waals surface area contributed by atoms with Crippen molar-refractivity contribution in [3.63, 3.8) is 0 Å². The minimum Gasteiger partial charge on any atom is -0.135 e. The van der Waals surface area contributed by atoms with Gasteiger partial charge in [0.2, 0.25) is 0 Å². The molecule has 9 rings (SSSR count). The molecule has 0 atom stereocenters. The molecule has 206 valence electrons. The van der Waals surface area contributed by atoms with Crippen LogP contribution >= 0.6 is 22.7 Å². The summed E-state index contributed by atoms with van der Waals surface area (Å²) in [5.41, 5.74) is 10.0. The van der Waals surface area contributed by atoms with Gasteiger partial charge in [-0.1, -0.05) is 133 Å². The Kier molecular flexibility index (Phi) is 5.97. The lowest BCUT2D eigenvalue weighted by Gasteiger charge is -2.10. The van der Waals surface area contributed by atoms with Crippen LogP contribution in [-0.4, -0.2) is 0 Å². The second kappa shape index (κ2) is 10.3. The summed E-state index contributed by atoms with van der Waals surface area (Å²) in [6.07, 6.45) is 0. The molecular formula is C42H26S2. The molecule has 0 unspecified atom stereocenters. The van der Waals surface area contributed by atoms with Gasteiger partial charge in [0.05, 0.1) is 0 Å². The van der Waals surface area contributed by atoms with Crippen molar-refractivity contribution in [2.75, 3.05) is 0 Å². The first-order chi connectivity index (χ1) is 21.8. The highest BCUT2D eigenvalue weighted by atomic mass is 32.1. The van der Waals surface area contributed by atoms with Crippen LogP contribution in [0, 0.1) is 0 Å². The lowest BCUT2D eigenvalue weighted by atomic mass is 9.95. The van der Waals surface area contributed by atoms with Gasteiger partial charge >= 0.3 is 0 Å². The number of fused-ring (bicyclic) bond motifs is 6. The maximum absolute atomic E-state index is 2.33. The summed E-state index contributed by atoms with van der Waals surface area (Å²) < 4.78 is 5.39. The van der Waals surface area contributed by atoms with Crippen LogP contribution in [0.15, 0.2) is 158 Å². The van der Waals surface area contributed by atoms with E-state index in [1.165, 1.54) is 84.9 Å². The van der Waals surface area contributed by atoms with Gasteiger partial charge in [0.15, 0.2) is 0 Å². The summed E-state index contributed by atoms with van der Waals surface area (Å²) in [6, 6.07) is 57.8. The first kappa shape index (κ1) is 25.5.